The second kappa shape index (κ2) is 5.59. The number of carbonyl (C=O) groups excluding carboxylic acids is 1. The molecule has 0 aromatic heterocycles. The zero-order valence-corrected chi connectivity index (χ0v) is 11.3. The van der Waals surface area contributed by atoms with Crippen molar-refractivity contribution in [3.8, 4) is 0 Å². The van der Waals surface area contributed by atoms with Crippen molar-refractivity contribution in [2.24, 2.45) is 0 Å². The SMILES string of the molecule is Cc1cccc(C(=O)N2CC(C)OC(CO)C2)c1N. The van der Waals surface area contributed by atoms with Gasteiger partial charge in [0.2, 0.25) is 0 Å². The molecule has 0 aliphatic carbocycles. The predicted molar refractivity (Wildman–Crippen MR) is 72.9 cm³/mol. The van der Waals surface area contributed by atoms with E-state index in [4.69, 9.17) is 10.5 Å². The topological polar surface area (TPSA) is 75.8 Å². The predicted octanol–water partition coefficient (Wildman–Crippen LogP) is 0.799. The van der Waals surface area contributed by atoms with Crippen LogP contribution in [0.2, 0.25) is 0 Å². The highest BCUT2D eigenvalue weighted by Crippen LogP contribution is 2.20. The van der Waals surface area contributed by atoms with Gasteiger partial charge in [0.05, 0.1) is 24.4 Å². The Bertz CT molecular complexity index is 476. The Morgan fingerprint density at radius 1 is 1.53 bits per heavy atom. The summed E-state index contributed by atoms with van der Waals surface area (Å²) in [6.45, 7) is 4.60. The summed E-state index contributed by atoms with van der Waals surface area (Å²) in [5.74, 6) is -0.102. The number of carbonyl (C=O) groups is 1. The van der Waals surface area contributed by atoms with Gasteiger partial charge in [-0.15, -0.1) is 0 Å². The van der Waals surface area contributed by atoms with E-state index in [1.54, 1.807) is 11.0 Å². The van der Waals surface area contributed by atoms with Crippen molar-refractivity contribution in [3.63, 3.8) is 0 Å². The highest BCUT2D eigenvalue weighted by molar-refractivity contribution is 5.99. The Morgan fingerprint density at radius 2 is 2.26 bits per heavy atom. The van der Waals surface area contributed by atoms with Gasteiger partial charge < -0.3 is 20.5 Å². The summed E-state index contributed by atoms with van der Waals surface area (Å²) in [5.41, 5.74) is 7.90. The van der Waals surface area contributed by atoms with Crippen molar-refractivity contribution < 1.29 is 14.6 Å². The summed E-state index contributed by atoms with van der Waals surface area (Å²) in [6.07, 6.45) is -0.403. The van der Waals surface area contributed by atoms with Gasteiger partial charge in [0.25, 0.3) is 5.91 Å². The molecule has 1 aromatic rings. The van der Waals surface area contributed by atoms with Crippen LogP contribution in [0.25, 0.3) is 0 Å². The average Bonchev–Trinajstić information content (AvgIpc) is 2.40. The minimum Gasteiger partial charge on any atom is -0.398 e. The maximum absolute atomic E-state index is 12.5. The zero-order chi connectivity index (χ0) is 14.0. The maximum Gasteiger partial charge on any atom is 0.256 e. The third-order valence-corrected chi connectivity index (χ3v) is 3.37. The number of nitrogens with two attached hydrogens (primary N) is 1. The number of rotatable bonds is 2. The molecule has 1 heterocycles. The van der Waals surface area contributed by atoms with Crippen LogP contribution < -0.4 is 5.73 Å². The third-order valence-electron chi connectivity index (χ3n) is 3.37. The first-order valence-corrected chi connectivity index (χ1v) is 6.43. The van der Waals surface area contributed by atoms with E-state index in [1.807, 2.05) is 26.0 Å². The van der Waals surface area contributed by atoms with E-state index in [1.165, 1.54) is 0 Å². The van der Waals surface area contributed by atoms with Crippen molar-refractivity contribution >= 4 is 11.6 Å². The number of nitrogen functional groups attached to an aromatic ring is 1. The van der Waals surface area contributed by atoms with Crippen LogP contribution in [0.5, 0.6) is 0 Å². The molecule has 0 spiro atoms. The largest absolute Gasteiger partial charge is 0.398 e. The molecule has 19 heavy (non-hydrogen) atoms. The summed E-state index contributed by atoms with van der Waals surface area (Å²) in [6, 6.07) is 5.44. The van der Waals surface area contributed by atoms with Gasteiger partial charge in [-0.25, -0.2) is 0 Å². The fourth-order valence-corrected chi connectivity index (χ4v) is 2.35. The molecule has 2 rings (SSSR count). The molecule has 3 N–H and O–H groups in total. The summed E-state index contributed by atoms with van der Waals surface area (Å²) in [4.78, 5) is 14.2. The molecule has 5 heteroatoms. The van der Waals surface area contributed by atoms with E-state index in [2.05, 4.69) is 0 Å². The number of amides is 1. The van der Waals surface area contributed by atoms with E-state index >= 15 is 0 Å². The van der Waals surface area contributed by atoms with Crippen molar-refractivity contribution in [2.45, 2.75) is 26.1 Å². The van der Waals surface area contributed by atoms with Crippen LogP contribution in [0.3, 0.4) is 0 Å². The zero-order valence-electron chi connectivity index (χ0n) is 11.3. The molecule has 0 saturated carbocycles. The maximum atomic E-state index is 12.5. The molecule has 0 bridgehead atoms. The lowest BCUT2D eigenvalue weighted by Crippen LogP contribution is -2.50. The van der Waals surface area contributed by atoms with Crippen LogP contribution in [-0.4, -0.2) is 47.8 Å². The van der Waals surface area contributed by atoms with Gasteiger partial charge in [0.1, 0.15) is 0 Å². The number of ether oxygens (including phenoxy) is 1. The molecule has 0 radical (unpaired) electrons. The van der Waals surface area contributed by atoms with Crippen LogP contribution in [0.1, 0.15) is 22.8 Å². The second-order valence-electron chi connectivity index (χ2n) is 5.00. The Hall–Kier alpha value is -1.59. The summed E-state index contributed by atoms with van der Waals surface area (Å²) >= 11 is 0. The first-order chi connectivity index (χ1) is 9.02. The Kier molecular flexibility index (Phi) is 4.07. The molecular formula is C14H20N2O3. The molecule has 1 aliphatic rings. The number of aliphatic hydroxyl groups excluding tert-OH is 1. The number of anilines is 1. The lowest BCUT2D eigenvalue weighted by atomic mass is 10.1. The fraction of sp³-hybridized carbons (Fsp3) is 0.500. The average molecular weight is 264 g/mol. The number of hydrogen-bond acceptors (Lipinski definition) is 4. The molecule has 1 aromatic carbocycles. The lowest BCUT2D eigenvalue weighted by molar-refractivity contribution is -0.0858. The third kappa shape index (κ3) is 2.88. The Morgan fingerprint density at radius 3 is 2.95 bits per heavy atom. The number of para-hydroxylation sites is 1. The van der Waals surface area contributed by atoms with Crippen LogP contribution in [0.15, 0.2) is 18.2 Å². The van der Waals surface area contributed by atoms with E-state index in [-0.39, 0.29) is 24.7 Å². The summed E-state index contributed by atoms with van der Waals surface area (Å²) in [7, 11) is 0. The van der Waals surface area contributed by atoms with Crippen LogP contribution in [-0.2, 0) is 4.74 Å². The molecule has 1 amide bonds. The Labute approximate surface area is 113 Å². The Balaban J connectivity index is 2.21. The number of nitrogens with zero attached hydrogens (tertiary/aromatic N) is 1. The van der Waals surface area contributed by atoms with Crippen molar-refractivity contribution in [1.82, 2.24) is 4.90 Å². The van der Waals surface area contributed by atoms with Crippen LogP contribution in [0, 0.1) is 6.92 Å². The minimum absolute atomic E-state index is 0.0825. The van der Waals surface area contributed by atoms with E-state index in [9.17, 15) is 9.90 Å². The number of aryl methyl sites for hydroxylation is 1. The minimum atomic E-state index is -0.321. The van der Waals surface area contributed by atoms with E-state index < -0.39 is 0 Å². The molecule has 104 valence electrons. The molecule has 2 unspecified atom stereocenters. The van der Waals surface area contributed by atoms with Gasteiger partial charge in [-0.3, -0.25) is 4.79 Å². The lowest BCUT2D eigenvalue weighted by Gasteiger charge is -2.36. The van der Waals surface area contributed by atoms with E-state index in [0.29, 0.717) is 24.3 Å². The first-order valence-electron chi connectivity index (χ1n) is 6.43. The number of aliphatic hydroxyl groups is 1. The fourth-order valence-electron chi connectivity index (χ4n) is 2.35. The first kappa shape index (κ1) is 13.8. The summed E-state index contributed by atoms with van der Waals surface area (Å²) < 4.78 is 5.53. The molecule has 2 atom stereocenters. The van der Waals surface area contributed by atoms with Crippen molar-refractivity contribution in [2.75, 3.05) is 25.4 Å². The van der Waals surface area contributed by atoms with Crippen molar-refractivity contribution in [3.05, 3.63) is 29.3 Å². The molecular weight excluding hydrogens is 244 g/mol. The number of morpholine rings is 1. The van der Waals surface area contributed by atoms with Gasteiger partial charge in [-0.05, 0) is 25.5 Å². The van der Waals surface area contributed by atoms with Gasteiger partial charge >= 0.3 is 0 Å². The molecule has 5 nitrogen and oxygen atoms in total. The molecule has 1 saturated heterocycles. The van der Waals surface area contributed by atoms with Gasteiger partial charge in [0.15, 0.2) is 0 Å². The highest BCUT2D eigenvalue weighted by atomic mass is 16.5. The quantitative estimate of drug-likeness (QED) is 0.775. The number of benzene rings is 1. The number of hydrogen-bond donors (Lipinski definition) is 2. The van der Waals surface area contributed by atoms with E-state index in [0.717, 1.165) is 5.56 Å². The standard InChI is InChI=1S/C14H20N2O3/c1-9-4-3-5-12(13(9)15)14(18)16-6-10(2)19-11(7-16)8-17/h3-5,10-11,17H,6-8,15H2,1-2H3. The normalized spacial score (nSPS) is 23.4. The van der Waals surface area contributed by atoms with Crippen molar-refractivity contribution in [1.29, 1.82) is 0 Å². The monoisotopic (exact) mass is 264 g/mol. The summed E-state index contributed by atoms with van der Waals surface area (Å²) in [5, 5.41) is 9.19. The highest BCUT2D eigenvalue weighted by Gasteiger charge is 2.29. The van der Waals surface area contributed by atoms with Crippen LogP contribution in [0.4, 0.5) is 5.69 Å². The second-order valence-corrected chi connectivity index (χ2v) is 5.00. The molecule has 1 aliphatic heterocycles. The van der Waals surface area contributed by atoms with Gasteiger partial charge in [-0.2, -0.15) is 0 Å². The smallest absolute Gasteiger partial charge is 0.256 e. The van der Waals surface area contributed by atoms with Crippen LogP contribution >= 0.6 is 0 Å². The molecule has 1 fully saturated rings. The van der Waals surface area contributed by atoms with Gasteiger partial charge in [-0.1, -0.05) is 12.1 Å². The van der Waals surface area contributed by atoms with Gasteiger partial charge in [0, 0.05) is 18.8 Å².